The molecule has 1 aromatic heterocycles. The van der Waals surface area contributed by atoms with Crippen molar-refractivity contribution < 1.29 is 28.5 Å². The van der Waals surface area contributed by atoms with E-state index in [9.17, 15) is 14.4 Å². The van der Waals surface area contributed by atoms with Gasteiger partial charge in [0.05, 0.1) is 44.6 Å². The topological polar surface area (TPSA) is 105 Å². The van der Waals surface area contributed by atoms with Crippen LogP contribution in [0, 0.1) is 0 Å². The summed E-state index contributed by atoms with van der Waals surface area (Å²) in [6.07, 6.45) is 1.61. The number of rotatable bonds is 9. The van der Waals surface area contributed by atoms with E-state index in [1.807, 2.05) is 38.1 Å². The minimum absolute atomic E-state index is 0.125. The molecular weight excluding hydrogens is 680 g/mol. The summed E-state index contributed by atoms with van der Waals surface area (Å²) < 4.78 is 24.8. The Kier molecular flexibility index (Phi) is 9.88. The van der Waals surface area contributed by atoms with Crippen molar-refractivity contribution in [2.24, 2.45) is 4.99 Å². The molecule has 3 aromatic rings. The molecule has 41 heavy (non-hydrogen) atoms. The fraction of sp³-hybridized carbons (Fsp3) is 0.310. The molecule has 0 saturated carbocycles. The van der Waals surface area contributed by atoms with Crippen LogP contribution in [0.25, 0.3) is 6.08 Å². The van der Waals surface area contributed by atoms with Gasteiger partial charge < -0.3 is 18.9 Å². The second kappa shape index (κ2) is 13.2. The molecule has 0 bridgehead atoms. The average molecular weight is 708 g/mol. The minimum Gasteiger partial charge on any atom is -0.491 e. The fourth-order valence-corrected chi connectivity index (χ4v) is 6.79. The number of hydrogen-bond donors (Lipinski definition) is 0. The zero-order chi connectivity index (χ0) is 29.8. The van der Waals surface area contributed by atoms with Gasteiger partial charge >= 0.3 is 11.9 Å². The SMILES string of the molecule is CCOC(=O)C1=C(C)N=c2s/c(=C/c3cc(Br)c(OCC(=O)OC)c(Br)c3)c(=O)n2[C@@H]1c1ccccc1OC(C)C. The van der Waals surface area contributed by atoms with Crippen LogP contribution >= 0.6 is 43.2 Å². The lowest BCUT2D eigenvalue weighted by molar-refractivity contribution is -0.143. The van der Waals surface area contributed by atoms with Crippen LogP contribution in [0.5, 0.6) is 11.5 Å². The van der Waals surface area contributed by atoms with E-state index in [0.29, 0.717) is 46.6 Å². The molecule has 2 heterocycles. The standard InChI is InChI=1S/C29H28Br2N2O7S/c1-6-38-28(36)24-16(4)32-29-33(25(24)18-9-7-8-10-21(18)40-15(2)3)27(35)22(41-29)13-17-11-19(30)26(20(31)12-17)39-14-23(34)37-5/h7-13,15,25H,6,14H2,1-5H3/b22-13+/t25-/m1/s1. The van der Waals surface area contributed by atoms with Crippen molar-refractivity contribution in [2.45, 2.75) is 39.8 Å². The maximum Gasteiger partial charge on any atom is 0.343 e. The summed E-state index contributed by atoms with van der Waals surface area (Å²) in [5, 5.41) is 0. The number of benzene rings is 2. The van der Waals surface area contributed by atoms with Gasteiger partial charge in [0.1, 0.15) is 17.5 Å². The second-order valence-corrected chi connectivity index (χ2v) is 11.9. The number of fused-ring (bicyclic) bond motifs is 1. The number of carbonyl (C=O) groups excluding carboxylic acids is 2. The lowest BCUT2D eigenvalue weighted by atomic mass is 9.95. The maximum absolute atomic E-state index is 14.0. The highest BCUT2D eigenvalue weighted by molar-refractivity contribution is 9.11. The summed E-state index contributed by atoms with van der Waals surface area (Å²) in [6.45, 7) is 7.23. The van der Waals surface area contributed by atoms with Crippen molar-refractivity contribution >= 4 is 61.2 Å². The molecule has 9 nitrogen and oxygen atoms in total. The van der Waals surface area contributed by atoms with Crippen LogP contribution in [0.4, 0.5) is 0 Å². The summed E-state index contributed by atoms with van der Waals surface area (Å²) in [5.41, 5.74) is 1.79. The Balaban J connectivity index is 1.88. The third-order valence-electron chi connectivity index (χ3n) is 5.97. The van der Waals surface area contributed by atoms with Crippen molar-refractivity contribution in [3.8, 4) is 11.5 Å². The smallest absolute Gasteiger partial charge is 0.343 e. The fourth-order valence-electron chi connectivity index (χ4n) is 4.30. The Morgan fingerprint density at radius 3 is 2.49 bits per heavy atom. The zero-order valence-electron chi connectivity index (χ0n) is 23.0. The first kappa shape index (κ1) is 30.7. The second-order valence-electron chi connectivity index (χ2n) is 9.19. The molecule has 1 aliphatic rings. The molecule has 0 saturated heterocycles. The van der Waals surface area contributed by atoms with Gasteiger partial charge in [0, 0.05) is 5.56 Å². The molecular formula is C29H28Br2N2O7S. The van der Waals surface area contributed by atoms with Gasteiger partial charge in [-0.3, -0.25) is 9.36 Å². The summed E-state index contributed by atoms with van der Waals surface area (Å²) in [6, 6.07) is 10.1. The van der Waals surface area contributed by atoms with Crippen molar-refractivity contribution in [3.05, 3.63) is 87.4 Å². The molecule has 12 heteroatoms. The number of ether oxygens (including phenoxy) is 4. The van der Waals surface area contributed by atoms with E-state index in [1.54, 1.807) is 32.1 Å². The van der Waals surface area contributed by atoms with Gasteiger partial charge in [-0.15, -0.1) is 0 Å². The van der Waals surface area contributed by atoms with Crippen molar-refractivity contribution in [1.82, 2.24) is 4.57 Å². The van der Waals surface area contributed by atoms with E-state index in [1.165, 1.54) is 23.0 Å². The Morgan fingerprint density at radius 1 is 1.17 bits per heavy atom. The van der Waals surface area contributed by atoms with Gasteiger partial charge in [0.15, 0.2) is 11.4 Å². The summed E-state index contributed by atoms with van der Waals surface area (Å²) in [4.78, 5) is 43.8. The number of esters is 2. The molecule has 2 aromatic carbocycles. The van der Waals surface area contributed by atoms with Gasteiger partial charge in [-0.1, -0.05) is 29.5 Å². The first-order chi connectivity index (χ1) is 19.5. The van der Waals surface area contributed by atoms with E-state index in [0.717, 1.165) is 0 Å². The highest BCUT2D eigenvalue weighted by atomic mass is 79.9. The molecule has 0 aliphatic carbocycles. The lowest BCUT2D eigenvalue weighted by Gasteiger charge is -2.26. The number of thiazole rings is 1. The Bertz CT molecular complexity index is 1690. The predicted molar refractivity (Wildman–Crippen MR) is 162 cm³/mol. The molecule has 1 atom stereocenters. The first-order valence-corrected chi connectivity index (χ1v) is 15.1. The number of methoxy groups -OCH3 is 1. The number of halogens is 2. The number of aromatic nitrogens is 1. The van der Waals surface area contributed by atoms with E-state index in [2.05, 4.69) is 41.6 Å². The lowest BCUT2D eigenvalue weighted by Crippen LogP contribution is -2.40. The van der Waals surface area contributed by atoms with Crippen LogP contribution in [0.2, 0.25) is 0 Å². The van der Waals surface area contributed by atoms with Crippen molar-refractivity contribution in [3.63, 3.8) is 0 Å². The molecule has 216 valence electrons. The van der Waals surface area contributed by atoms with E-state index in [-0.39, 0.29) is 30.5 Å². The van der Waals surface area contributed by atoms with E-state index in [4.69, 9.17) is 14.2 Å². The van der Waals surface area contributed by atoms with Crippen LogP contribution in [0.1, 0.15) is 44.9 Å². The van der Waals surface area contributed by atoms with Crippen LogP contribution in [-0.2, 0) is 19.1 Å². The number of para-hydroxylation sites is 1. The van der Waals surface area contributed by atoms with Gasteiger partial charge in [-0.2, -0.15) is 0 Å². The maximum atomic E-state index is 14.0. The van der Waals surface area contributed by atoms with Crippen LogP contribution < -0.4 is 24.4 Å². The summed E-state index contributed by atoms with van der Waals surface area (Å²) in [5.74, 6) is -0.0661. The third kappa shape index (κ3) is 6.65. The normalized spacial score (nSPS) is 14.9. The Labute approximate surface area is 257 Å². The predicted octanol–water partition coefficient (Wildman–Crippen LogP) is 4.66. The van der Waals surface area contributed by atoms with Crippen molar-refractivity contribution in [1.29, 1.82) is 0 Å². The first-order valence-electron chi connectivity index (χ1n) is 12.7. The molecule has 0 radical (unpaired) electrons. The molecule has 1 aliphatic heterocycles. The Morgan fingerprint density at radius 2 is 1.85 bits per heavy atom. The largest absolute Gasteiger partial charge is 0.491 e. The van der Waals surface area contributed by atoms with Gasteiger partial charge in [0.2, 0.25) is 0 Å². The van der Waals surface area contributed by atoms with E-state index >= 15 is 0 Å². The number of allylic oxidation sites excluding steroid dienone is 1. The van der Waals surface area contributed by atoms with Crippen LogP contribution in [0.15, 0.2) is 66.4 Å². The number of carbonyl (C=O) groups is 2. The number of hydrogen-bond acceptors (Lipinski definition) is 9. The minimum atomic E-state index is -0.796. The highest BCUT2D eigenvalue weighted by Crippen LogP contribution is 2.37. The molecule has 4 rings (SSSR count). The van der Waals surface area contributed by atoms with Gasteiger partial charge in [-0.05, 0) is 89.4 Å². The van der Waals surface area contributed by atoms with Crippen LogP contribution in [-0.4, -0.2) is 42.9 Å². The zero-order valence-corrected chi connectivity index (χ0v) is 27.0. The number of nitrogens with zero attached hydrogens (tertiary/aromatic N) is 2. The van der Waals surface area contributed by atoms with E-state index < -0.39 is 18.0 Å². The molecule has 0 amide bonds. The molecule has 0 spiro atoms. The highest BCUT2D eigenvalue weighted by Gasteiger charge is 2.35. The average Bonchev–Trinajstić information content (AvgIpc) is 3.21. The summed E-state index contributed by atoms with van der Waals surface area (Å²) in [7, 11) is 1.28. The third-order valence-corrected chi connectivity index (χ3v) is 8.13. The molecule has 0 fully saturated rings. The summed E-state index contributed by atoms with van der Waals surface area (Å²) >= 11 is 8.17. The van der Waals surface area contributed by atoms with Crippen molar-refractivity contribution in [2.75, 3.05) is 20.3 Å². The molecule has 0 N–H and O–H groups in total. The van der Waals surface area contributed by atoms with Gasteiger partial charge in [0.25, 0.3) is 5.56 Å². The molecule has 0 unspecified atom stereocenters. The monoisotopic (exact) mass is 706 g/mol. The van der Waals surface area contributed by atoms with Crippen LogP contribution in [0.3, 0.4) is 0 Å². The van der Waals surface area contributed by atoms with Gasteiger partial charge in [-0.25, -0.2) is 14.6 Å². The quantitative estimate of drug-likeness (QED) is 0.298. The Hall–Kier alpha value is -3.22.